The summed E-state index contributed by atoms with van der Waals surface area (Å²) in [7, 11) is 0. The lowest BCUT2D eigenvalue weighted by Gasteiger charge is -2.15. The van der Waals surface area contributed by atoms with E-state index in [0.717, 1.165) is 19.3 Å². The van der Waals surface area contributed by atoms with Crippen molar-refractivity contribution in [2.75, 3.05) is 5.43 Å². The molecule has 0 fully saturated rings. The van der Waals surface area contributed by atoms with Gasteiger partial charge in [0.2, 0.25) is 0 Å². The Hall–Kier alpha value is -1.69. The number of aromatic nitrogens is 2. The highest BCUT2D eigenvalue weighted by Crippen LogP contribution is 2.04. The van der Waals surface area contributed by atoms with E-state index in [9.17, 15) is 4.79 Å². The van der Waals surface area contributed by atoms with E-state index in [1.54, 1.807) is 12.1 Å². The molecule has 1 rings (SSSR count). The first-order valence-electron chi connectivity index (χ1n) is 5.82. The summed E-state index contributed by atoms with van der Waals surface area (Å²) in [5.41, 5.74) is 2.66. The van der Waals surface area contributed by atoms with Crippen LogP contribution in [0.2, 0.25) is 0 Å². The van der Waals surface area contributed by atoms with Crippen molar-refractivity contribution in [2.24, 2.45) is 5.84 Å². The van der Waals surface area contributed by atoms with Gasteiger partial charge in [-0.1, -0.05) is 20.3 Å². The zero-order valence-corrected chi connectivity index (χ0v) is 10.2. The van der Waals surface area contributed by atoms with Crippen molar-refractivity contribution in [3.8, 4) is 0 Å². The van der Waals surface area contributed by atoms with Gasteiger partial charge in [-0.3, -0.25) is 4.79 Å². The quantitative estimate of drug-likeness (QED) is 0.508. The molecule has 0 spiro atoms. The Morgan fingerprint density at radius 3 is 2.65 bits per heavy atom. The van der Waals surface area contributed by atoms with Crippen LogP contribution in [-0.2, 0) is 0 Å². The third-order valence-corrected chi connectivity index (χ3v) is 2.51. The van der Waals surface area contributed by atoms with E-state index >= 15 is 0 Å². The van der Waals surface area contributed by atoms with E-state index in [-0.39, 0.29) is 11.9 Å². The minimum absolute atomic E-state index is 0.193. The first-order valence-corrected chi connectivity index (χ1v) is 5.82. The van der Waals surface area contributed by atoms with Gasteiger partial charge >= 0.3 is 0 Å². The van der Waals surface area contributed by atoms with Gasteiger partial charge in [-0.05, 0) is 25.0 Å². The topological polar surface area (TPSA) is 92.9 Å². The fourth-order valence-electron chi connectivity index (χ4n) is 1.52. The third kappa shape index (κ3) is 3.99. The molecule has 0 bridgehead atoms. The molecule has 0 aliphatic heterocycles. The summed E-state index contributed by atoms with van der Waals surface area (Å²) in [6.45, 7) is 4.14. The monoisotopic (exact) mass is 237 g/mol. The molecule has 1 atom stereocenters. The summed E-state index contributed by atoms with van der Waals surface area (Å²) >= 11 is 0. The highest BCUT2D eigenvalue weighted by atomic mass is 16.2. The molecule has 94 valence electrons. The van der Waals surface area contributed by atoms with E-state index in [4.69, 9.17) is 5.84 Å². The largest absolute Gasteiger partial charge is 0.348 e. The molecule has 1 heterocycles. The fraction of sp³-hybridized carbons (Fsp3) is 0.545. The minimum Gasteiger partial charge on any atom is -0.348 e. The van der Waals surface area contributed by atoms with Gasteiger partial charge in [0.25, 0.3) is 5.91 Å². The number of carbonyl (C=O) groups excluding carboxylic acids is 1. The zero-order valence-electron chi connectivity index (χ0n) is 10.2. The SMILES string of the molecule is CCCC(CC)NC(=O)c1ccc(NN)nn1. The van der Waals surface area contributed by atoms with E-state index < -0.39 is 0 Å². The molecule has 0 radical (unpaired) electrons. The summed E-state index contributed by atoms with van der Waals surface area (Å²) in [4.78, 5) is 11.8. The molecule has 0 aliphatic rings. The molecule has 17 heavy (non-hydrogen) atoms. The number of nitrogens with one attached hydrogen (secondary N) is 2. The number of hydrazine groups is 1. The van der Waals surface area contributed by atoms with Gasteiger partial charge in [0.1, 0.15) is 0 Å². The van der Waals surface area contributed by atoms with Gasteiger partial charge in [-0.2, -0.15) is 0 Å². The van der Waals surface area contributed by atoms with E-state index in [0.29, 0.717) is 11.5 Å². The van der Waals surface area contributed by atoms with Crippen LogP contribution in [0.5, 0.6) is 0 Å². The number of nitrogens with zero attached hydrogens (tertiary/aromatic N) is 2. The molecule has 1 aromatic rings. The summed E-state index contributed by atoms with van der Waals surface area (Å²) in [6, 6.07) is 3.40. The highest BCUT2D eigenvalue weighted by molar-refractivity contribution is 5.92. The van der Waals surface area contributed by atoms with Crippen molar-refractivity contribution in [1.29, 1.82) is 0 Å². The summed E-state index contributed by atoms with van der Waals surface area (Å²) in [5, 5.41) is 10.5. The smallest absolute Gasteiger partial charge is 0.272 e. The second-order valence-corrected chi connectivity index (χ2v) is 3.82. The van der Waals surface area contributed by atoms with Crippen molar-refractivity contribution in [1.82, 2.24) is 15.5 Å². The molecule has 0 saturated heterocycles. The number of carbonyl (C=O) groups is 1. The predicted octanol–water partition coefficient (Wildman–Crippen LogP) is 1.07. The van der Waals surface area contributed by atoms with Gasteiger partial charge in [0.05, 0.1) is 0 Å². The van der Waals surface area contributed by atoms with Gasteiger partial charge in [0.15, 0.2) is 11.5 Å². The van der Waals surface area contributed by atoms with Gasteiger partial charge in [-0.15, -0.1) is 10.2 Å². The zero-order chi connectivity index (χ0) is 12.7. The second-order valence-electron chi connectivity index (χ2n) is 3.82. The van der Waals surface area contributed by atoms with Crippen LogP contribution in [0.25, 0.3) is 0 Å². The first-order chi connectivity index (χ1) is 8.21. The second kappa shape index (κ2) is 6.80. The minimum atomic E-state index is -0.193. The number of hydrogen-bond acceptors (Lipinski definition) is 5. The molecular weight excluding hydrogens is 218 g/mol. The van der Waals surface area contributed by atoms with Crippen LogP contribution in [-0.4, -0.2) is 22.1 Å². The van der Waals surface area contributed by atoms with Crippen molar-refractivity contribution in [2.45, 2.75) is 39.2 Å². The van der Waals surface area contributed by atoms with Crippen molar-refractivity contribution in [3.63, 3.8) is 0 Å². The van der Waals surface area contributed by atoms with Crippen LogP contribution < -0.4 is 16.6 Å². The molecule has 6 nitrogen and oxygen atoms in total. The molecule has 0 aromatic carbocycles. The van der Waals surface area contributed by atoms with Gasteiger partial charge in [-0.25, -0.2) is 5.84 Å². The lowest BCUT2D eigenvalue weighted by atomic mass is 10.1. The molecule has 6 heteroatoms. The molecule has 0 saturated carbocycles. The number of nitrogens with two attached hydrogens (primary N) is 1. The van der Waals surface area contributed by atoms with Gasteiger partial charge in [0, 0.05) is 6.04 Å². The Balaban J connectivity index is 2.62. The van der Waals surface area contributed by atoms with E-state index in [1.165, 1.54) is 0 Å². The maximum absolute atomic E-state index is 11.8. The average Bonchev–Trinajstić information content (AvgIpc) is 2.38. The maximum atomic E-state index is 11.8. The lowest BCUT2D eigenvalue weighted by molar-refractivity contribution is 0.0927. The standard InChI is InChI=1S/C11H19N5O/c1-3-5-8(4-2)13-11(17)9-6-7-10(14-12)16-15-9/h6-8H,3-5,12H2,1-2H3,(H,13,17)(H,14,16). The van der Waals surface area contributed by atoms with Crippen molar-refractivity contribution in [3.05, 3.63) is 17.8 Å². The van der Waals surface area contributed by atoms with Crippen LogP contribution in [0, 0.1) is 0 Å². The van der Waals surface area contributed by atoms with Crippen LogP contribution in [0.4, 0.5) is 5.82 Å². The molecule has 1 unspecified atom stereocenters. The van der Waals surface area contributed by atoms with E-state index in [1.807, 2.05) is 6.92 Å². The summed E-state index contributed by atoms with van der Waals surface area (Å²) in [5.74, 6) is 5.40. The Kier molecular flexibility index (Phi) is 5.35. The normalized spacial score (nSPS) is 11.9. The number of rotatable bonds is 6. The lowest BCUT2D eigenvalue weighted by Crippen LogP contribution is -2.34. The van der Waals surface area contributed by atoms with Crippen LogP contribution in [0.1, 0.15) is 43.6 Å². The van der Waals surface area contributed by atoms with Crippen molar-refractivity contribution >= 4 is 11.7 Å². The number of amides is 1. The summed E-state index contributed by atoms with van der Waals surface area (Å²) in [6.07, 6.45) is 2.92. The van der Waals surface area contributed by atoms with Crippen LogP contribution >= 0.6 is 0 Å². The molecule has 1 amide bonds. The summed E-state index contributed by atoms with van der Waals surface area (Å²) < 4.78 is 0. The molecular formula is C11H19N5O. The number of hydrogen-bond donors (Lipinski definition) is 3. The number of nitrogen functional groups attached to an aromatic ring is 1. The van der Waals surface area contributed by atoms with Crippen LogP contribution in [0.15, 0.2) is 12.1 Å². The third-order valence-electron chi connectivity index (χ3n) is 2.51. The first kappa shape index (κ1) is 13.4. The van der Waals surface area contributed by atoms with Crippen LogP contribution in [0.3, 0.4) is 0 Å². The van der Waals surface area contributed by atoms with E-state index in [2.05, 4.69) is 27.9 Å². The number of anilines is 1. The van der Waals surface area contributed by atoms with Gasteiger partial charge < -0.3 is 10.7 Å². The maximum Gasteiger partial charge on any atom is 0.272 e. The Morgan fingerprint density at radius 2 is 2.18 bits per heavy atom. The Bertz CT molecular complexity index is 351. The molecule has 1 aromatic heterocycles. The predicted molar refractivity (Wildman–Crippen MR) is 66.3 cm³/mol. The van der Waals surface area contributed by atoms with Crippen molar-refractivity contribution < 1.29 is 4.79 Å². The highest BCUT2D eigenvalue weighted by Gasteiger charge is 2.12. The molecule has 4 N–H and O–H groups in total. The Labute approximate surface area is 101 Å². The molecule has 0 aliphatic carbocycles. The fourth-order valence-corrected chi connectivity index (χ4v) is 1.52. The average molecular weight is 237 g/mol. The Morgan fingerprint density at radius 1 is 1.41 bits per heavy atom.